The first kappa shape index (κ1) is 13.4. The van der Waals surface area contributed by atoms with Gasteiger partial charge in [0.05, 0.1) is 5.71 Å². The molecule has 0 aromatic heterocycles. The average Bonchev–Trinajstić information content (AvgIpc) is 2.30. The molecule has 4 N–H and O–H groups in total. The van der Waals surface area contributed by atoms with Crippen LogP contribution in [0.1, 0.15) is 20.3 Å². The molecule has 92 valence electrons. The number of ketones is 1. The quantitative estimate of drug-likeness (QED) is 0.387. The van der Waals surface area contributed by atoms with Gasteiger partial charge in [0.2, 0.25) is 0 Å². The summed E-state index contributed by atoms with van der Waals surface area (Å²) in [5.41, 5.74) is 7.58. The van der Waals surface area contributed by atoms with Crippen LogP contribution in [0.25, 0.3) is 0 Å². The summed E-state index contributed by atoms with van der Waals surface area (Å²) in [5, 5.41) is 7.20. The number of dihydropyridines is 1. The predicted octanol–water partition coefficient (Wildman–Crippen LogP) is 0.586. The van der Waals surface area contributed by atoms with Crippen molar-refractivity contribution in [1.29, 1.82) is 0 Å². The fourth-order valence-corrected chi connectivity index (χ4v) is 1.70. The first-order valence-corrected chi connectivity index (χ1v) is 5.69. The second kappa shape index (κ2) is 5.58. The Kier molecular flexibility index (Phi) is 4.39. The second-order valence-electron chi connectivity index (χ2n) is 3.61. The third kappa shape index (κ3) is 2.91. The molecule has 1 rings (SSSR count). The van der Waals surface area contributed by atoms with Gasteiger partial charge in [0.1, 0.15) is 0 Å². The normalized spacial score (nSPS) is 23.1. The fourth-order valence-electron chi connectivity index (χ4n) is 1.65. The van der Waals surface area contributed by atoms with Gasteiger partial charge in [-0.1, -0.05) is 13.0 Å². The highest BCUT2D eigenvalue weighted by molar-refractivity contribution is 7.80. The Morgan fingerprint density at radius 2 is 2.29 bits per heavy atom. The zero-order valence-electron chi connectivity index (χ0n) is 9.86. The van der Waals surface area contributed by atoms with Gasteiger partial charge < -0.3 is 11.1 Å². The van der Waals surface area contributed by atoms with Crippen molar-refractivity contribution >= 4 is 28.8 Å². The number of thiocarbonyl (C=S) groups is 1. The van der Waals surface area contributed by atoms with Gasteiger partial charge >= 0.3 is 0 Å². The number of nitrogens with one attached hydrogen (secondary N) is 2. The number of Topliss-reactive ketones (excluding diaryl/α,β-unsaturated/α-hetero) is 1. The molecule has 0 radical (unpaired) electrons. The Bertz CT molecular complexity index is 414. The topological polar surface area (TPSA) is 79.5 Å². The van der Waals surface area contributed by atoms with Crippen molar-refractivity contribution in [1.82, 2.24) is 10.7 Å². The van der Waals surface area contributed by atoms with Crippen LogP contribution in [0.3, 0.4) is 0 Å². The predicted molar refractivity (Wildman–Crippen MR) is 72.5 cm³/mol. The van der Waals surface area contributed by atoms with Gasteiger partial charge in [0, 0.05) is 0 Å². The number of allylic oxidation sites excluding steroid dienone is 2. The summed E-state index contributed by atoms with van der Waals surface area (Å²) in [6.07, 6.45) is 7.71. The highest BCUT2D eigenvalue weighted by Gasteiger charge is 2.37. The van der Waals surface area contributed by atoms with E-state index in [1.54, 1.807) is 12.3 Å². The zero-order valence-corrected chi connectivity index (χ0v) is 10.7. The van der Waals surface area contributed by atoms with E-state index < -0.39 is 5.54 Å². The lowest BCUT2D eigenvalue weighted by Gasteiger charge is -2.31. The summed E-state index contributed by atoms with van der Waals surface area (Å²) in [5.74, 6) is -0.0385. The van der Waals surface area contributed by atoms with E-state index in [4.69, 9.17) is 5.73 Å². The van der Waals surface area contributed by atoms with Crippen molar-refractivity contribution < 1.29 is 4.79 Å². The Hall–Kier alpha value is -1.69. The minimum atomic E-state index is -0.902. The van der Waals surface area contributed by atoms with Gasteiger partial charge in [-0.15, -0.1) is 0 Å². The monoisotopic (exact) mass is 252 g/mol. The van der Waals surface area contributed by atoms with E-state index in [1.165, 1.54) is 6.92 Å². The summed E-state index contributed by atoms with van der Waals surface area (Å²) in [7, 11) is 0. The van der Waals surface area contributed by atoms with Crippen LogP contribution in [0.4, 0.5) is 0 Å². The number of hydrogen-bond acceptors (Lipinski definition) is 4. The zero-order chi connectivity index (χ0) is 12.9. The maximum absolute atomic E-state index is 11.8. The molecular formula is C11H16N4OS. The minimum Gasteiger partial charge on any atom is -0.375 e. The van der Waals surface area contributed by atoms with Crippen molar-refractivity contribution in [2.75, 3.05) is 0 Å². The van der Waals surface area contributed by atoms with E-state index >= 15 is 0 Å². The van der Waals surface area contributed by atoms with Gasteiger partial charge in [-0.25, -0.2) is 0 Å². The third-order valence-corrected chi connectivity index (χ3v) is 2.60. The third-order valence-electron chi connectivity index (χ3n) is 2.51. The molecule has 0 bridgehead atoms. The maximum atomic E-state index is 11.8. The van der Waals surface area contributed by atoms with Crippen molar-refractivity contribution in [3.63, 3.8) is 0 Å². The SMILES string of the molecule is CCC(=NNC(N)=S)C1(C(C)=O)C=CC=CN1. The fraction of sp³-hybridized carbons (Fsp3) is 0.364. The molecule has 0 fully saturated rings. The van der Waals surface area contributed by atoms with E-state index in [9.17, 15) is 4.79 Å². The Labute approximate surface area is 106 Å². The molecule has 1 heterocycles. The lowest BCUT2D eigenvalue weighted by molar-refractivity contribution is -0.119. The van der Waals surface area contributed by atoms with Crippen LogP contribution >= 0.6 is 12.2 Å². The molecule has 0 aromatic carbocycles. The van der Waals surface area contributed by atoms with Gasteiger partial charge in [-0.2, -0.15) is 5.10 Å². The van der Waals surface area contributed by atoms with Crippen molar-refractivity contribution in [3.8, 4) is 0 Å². The van der Waals surface area contributed by atoms with Crippen molar-refractivity contribution in [2.24, 2.45) is 10.8 Å². The van der Waals surface area contributed by atoms with Gasteiger partial charge in [-0.05, 0) is 43.9 Å². The summed E-state index contributed by atoms with van der Waals surface area (Å²) in [6.45, 7) is 3.43. The highest BCUT2D eigenvalue weighted by Crippen LogP contribution is 2.17. The van der Waals surface area contributed by atoms with Crippen molar-refractivity contribution in [3.05, 3.63) is 24.4 Å². The molecule has 0 aliphatic carbocycles. The van der Waals surface area contributed by atoms with E-state index in [2.05, 4.69) is 28.1 Å². The number of rotatable bonds is 4. The second-order valence-corrected chi connectivity index (χ2v) is 4.05. The van der Waals surface area contributed by atoms with E-state index in [0.717, 1.165) is 0 Å². The van der Waals surface area contributed by atoms with Crippen LogP contribution in [-0.2, 0) is 4.79 Å². The Morgan fingerprint density at radius 3 is 2.71 bits per heavy atom. The van der Waals surface area contributed by atoms with Gasteiger partial charge in [0.15, 0.2) is 16.4 Å². The standard InChI is InChI=1S/C11H16N4OS/c1-3-9(14-15-10(12)17)11(8(2)16)6-4-5-7-13-11/h4-7,13H,3H2,1-2H3,(H3,12,15,17). The van der Waals surface area contributed by atoms with Gasteiger partial charge in [0.25, 0.3) is 0 Å². The molecule has 5 nitrogen and oxygen atoms in total. The van der Waals surface area contributed by atoms with E-state index in [-0.39, 0.29) is 10.9 Å². The van der Waals surface area contributed by atoms with Crippen molar-refractivity contribution in [2.45, 2.75) is 25.8 Å². The molecule has 0 saturated heterocycles. The lowest BCUT2D eigenvalue weighted by atomic mass is 9.86. The van der Waals surface area contributed by atoms with Crippen LogP contribution in [-0.4, -0.2) is 22.1 Å². The molecule has 0 aromatic rings. The maximum Gasteiger partial charge on any atom is 0.184 e. The van der Waals surface area contributed by atoms with Crippen LogP contribution in [0.15, 0.2) is 29.5 Å². The number of hydrogen-bond donors (Lipinski definition) is 3. The first-order chi connectivity index (χ1) is 8.03. The Balaban J connectivity index is 3.08. The molecule has 0 amide bonds. The molecule has 0 saturated carbocycles. The molecular weight excluding hydrogens is 236 g/mol. The number of carbonyl (C=O) groups excluding carboxylic acids is 1. The average molecular weight is 252 g/mol. The minimum absolute atomic E-state index is 0.0385. The molecule has 17 heavy (non-hydrogen) atoms. The van der Waals surface area contributed by atoms with E-state index in [1.807, 2.05) is 19.1 Å². The van der Waals surface area contributed by atoms with Gasteiger partial charge in [-0.3, -0.25) is 10.2 Å². The summed E-state index contributed by atoms with van der Waals surface area (Å²) in [6, 6.07) is 0. The molecule has 0 spiro atoms. The largest absolute Gasteiger partial charge is 0.375 e. The highest BCUT2D eigenvalue weighted by atomic mass is 32.1. The molecule has 1 unspecified atom stereocenters. The smallest absolute Gasteiger partial charge is 0.184 e. The van der Waals surface area contributed by atoms with Crippen LogP contribution < -0.4 is 16.5 Å². The molecule has 1 aliphatic rings. The molecule has 1 atom stereocenters. The summed E-state index contributed by atoms with van der Waals surface area (Å²) in [4.78, 5) is 11.8. The van der Waals surface area contributed by atoms with Crippen LogP contribution in [0.2, 0.25) is 0 Å². The number of nitrogens with zero attached hydrogens (tertiary/aromatic N) is 1. The number of carbonyl (C=O) groups is 1. The number of hydrazone groups is 1. The Morgan fingerprint density at radius 1 is 1.59 bits per heavy atom. The van der Waals surface area contributed by atoms with Crippen LogP contribution in [0.5, 0.6) is 0 Å². The lowest BCUT2D eigenvalue weighted by Crippen LogP contribution is -2.55. The summed E-state index contributed by atoms with van der Waals surface area (Å²) >= 11 is 4.69. The summed E-state index contributed by atoms with van der Waals surface area (Å²) < 4.78 is 0. The van der Waals surface area contributed by atoms with Crippen LogP contribution in [0, 0.1) is 0 Å². The first-order valence-electron chi connectivity index (χ1n) is 5.28. The molecule has 6 heteroatoms. The molecule has 1 aliphatic heterocycles. The number of nitrogens with two attached hydrogens (primary N) is 1. The van der Waals surface area contributed by atoms with E-state index in [0.29, 0.717) is 12.1 Å².